The van der Waals surface area contributed by atoms with Gasteiger partial charge in [-0.05, 0) is 50.9 Å². The van der Waals surface area contributed by atoms with Crippen molar-refractivity contribution >= 4 is 15.9 Å². The lowest BCUT2D eigenvalue weighted by molar-refractivity contribution is 0.0940. The third kappa shape index (κ3) is 3.35. The number of benzene rings is 1. The zero-order valence-corrected chi connectivity index (χ0v) is 14.8. The highest BCUT2D eigenvalue weighted by molar-refractivity contribution is 9.10. The summed E-state index contributed by atoms with van der Waals surface area (Å²) in [5.74, 6) is 1.48. The Morgan fingerprint density at radius 3 is 2.43 bits per heavy atom. The summed E-state index contributed by atoms with van der Waals surface area (Å²) in [4.78, 5) is 2.47. The molecule has 0 radical (unpaired) electrons. The maximum atomic E-state index is 6.44. The van der Waals surface area contributed by atoms with E-state index in [4.69, 9.17) is 15.2 Å². The lowest BCUT2D eigenvalue weighted by Gasteiger charge is -2.43. The molecule has 0 bridgehead atoms. The number of nitrogens with two attached hydrogens (primary N) is 1. The second-order valence-electron chi connectivity index (χ2n) is 5.81. The highest BCUT2D eigenvalue weighted by Crippen LogP contribution is 2.41. The summed E-state index contributed by atoms with van der Waals surface area (Å²) in [5, 5.41) is 0. The molecule has 2 rings (SSSR count). The Kier molecular flexibility index (Phi) is 5.52. The predicted molar refractivity (Wildman–Crippen MR) is 89.0 cm³/mol. The van der Waals surface area contributed by atoms with Gasteiger partial charge in [-0.15, -0.1) is 0 Å². The molecule has 0 aliphatic carbocycles. The summed E-state index contributed by atoms with van der Waals surface area (Å²) in [6.45, 7) is 5.52. The maximum absolute atomic E-state index is 6.44. The van der Waals surface area contributed by atoms with Crippen LogP contribution in [0, 0.1) is 0 Å². The molecule has 2 N–H and O–H groups in total. The Hall–Kier alpha value is -0.780. The predicted octanol–water partition coefficient (Wildman–Crippen LogP) is 3.34. The Morgan fingerprint density at radius 2 is 1.86 bits per heavy atom. The fourth-order valence-corrected chi connectivity index (χ4v) is 3.69. The van der Waals surface area contributed by atoms with Gasteiger partial charge in [0.25, 0.3) is 0 Å². The van der Waals surface area contributed by atoms with Crippen molar-refractivity contribution in [3.05, 3.63) is 22.2 Å². The van der Waals surface area contributed by atoms with E-state index in [0.29, 0.717) is 6.04 Å². The van der Waals surface area contributed by atoms with Crippen LogP contribution in [0.5, 0.6) is 11.5 Å². The molecule has 2 unspecified atom stereocenters. The van der Waals surface area contributed by atoms with Crippen molar-refractivity contribution < 1.29 is 9.47 Å². The van der Waals surface area contributed by atoms with Gasteiger partial charge in [0, 0.05) is 16.6 Å². The van der Waals surface area contributed by atoms with Crippen LogP contribution in [-0.2, 0) is 0 Å². The molecule has 21 heavy (non-hydrogen) atoms. The summed E-state index contributed by atoms with van der Waals surface area (Å²) < 4.78 is 11.8. The SMILES string of the molecule is COc1cc(Br)c(C2C(N)CCCN2C(C)C)cc1OC. The van der Waals surface area contributed by atoms with Crippen molar-refractivity contribution in [3.63, 3.8) is 0 Å². The van der Waals surface area contributed by atoms with E-state index < -0.39 is 0 Å². The number of nitrogens with zero attached hydrogens (tertiary/aromatic N) is 1. The summed E-state index contributed by atoms with van der Waals surface area (Å²) in [5.41, 5.74) is 7.61. The van der Waals surface area contributed by atoms with E-state index in [2.05, 4.69) is 34.7 Å². The smallest absolute Gasteiger partial charge is 0.161 e. The molecule has 0 saturated carbocycles. The molecule has 1 aliphatic heterocycles. The topological polar surface area (TPSA) is 47.7 Å². The molecule has 1 heterocycles. The fourth-order valence-electron chi connectivity index (χ4n) is 3.14. The van der Waals surface area contributed by atoms with Gasteiger partial charge < -0.3 is 15.2 Å². The van der Waals surface area contributed by atoms with Crippen LogP contribution in [0.25, 0.3) is 0 Å². The molecule has 0 spiro atoms. The van der Waals surface area contributed by atoms with Gasteiger partial charge >= 0.3 is 0 Å². The number of piperidine rings is 1. The first-order chi connectivity index (χ1) is 9.99. The Bertz CT molecular complexity index is 493. The first kappa shape index (κ1) is 16.6. The van der Waals surface area contributed by atoms with Crippen molar-refractivity contribution in [3.8, 4) is 11.5 Å². The molecule has 5 heteroatoms. The summed E-state index contributed by atoms with van der Waals surface area (Å²) in [6, 6.07) is 4.81. The Balaban J connectivity index is 2.46. The molecule has 1 saturated heterocycles. The second kappa shape index (κ2) is 6.99. The average Bonchev–Trinajstić information content (AvgIpc) is 2.47. The minimum atomic E-state index is 0.135. The molecule has 1 aromatic rings. The molecule has 0 amide bonds. The largest absolute Gasteiger partial charge is 0.493 e. The van der Waals surface area contributed by atoms with Gasteiger partial charge in [0.15, 0.2) is 11.5 Å². The van der Waals surface area contributed by atoms with E-state index in [9.17, 15) is 0 Å². The van der Waals surface area contributed by atoms with Gasteiger partial charge in [-0.3, -0.25) is 4.90 Å². The Labute approximate surface area is 135 Å². The molecule has 1 aliphatic rings. The van der Waals surface area contributed by atoms with Crippen molar-refractivity contribution in [2.24, 2.45) is 5.73 Å². The quantitative estimate of drug-likeness (QED) is 0.898. The van der Waals surface area contributed by atoms with Crippen LogP contribution < -0.4 is 15.2 Å². The van der Waals surface area contributed by atoms with Gasteiger partial charge in [0.2, 0.25) is 0 Å². The normalized spacial score (nSPS) is 23.4. The molecule has 0 aromatic heterocycles. The van der Waals surface area contributed by atoms with Crippen LogP contribution in [0.15, 0.2) is 16.6 Å². The molecule has 118 valence electrons. The van der Waals surface area contributed by atoms with Crippen molar-refractivity contribution in [2.45, 2.75) is 44.8 Å². The first-order valence-electron chi connectivity index (χ1n) is 7.42. The van der Waals surface area contributed by atoms with E-state index in [-0.39, 0.29) is 12.1 Å². The number of methoxy groups -OCH3 is 2. The average molecular weight is 357 g/mol. The number of likely N-dealkylation sites (tertiary alicyclic amines) is 1. The molecule has 1 aromatic carbocycles. The number of halogens is 1. The molecular weight excluding hydrogens is 332 g/mol. The van der Waals surface area contributed by atoms with Crippen molar-refractivity contribution in [1.29, 1.82) is 0 Å². The zero-order valence-electron chi connectivity index (χ0n) is 13.2. The van der Waals surface area contributed by atoms with Gasteiger partial charge in [-0.1, -0.05) is 15.9 Å². The molecule has 4 nitrogen and oxygen atoms in total. The molecule has 1 fully saturated rings. The first-order valence-corrected chi connectivity index (χ1v) is 8.21. The zero-order chi connectivity index (χ0) is 15.6. The summed E-state index contributed by atoms with van der Waals surface area (Å²) in [6.07, 6.45) is 2.20. The monoisotopic (exact) mass is 356 g/mol. The van der Waals surface area contributed by atoms with Gasteiger partial charge in [-0.2, -0.15) is 0 Å². The highest BCUT2D eigenvalue weighted by atomic mass is 79.9. The third-order valence-electron chi connectivity index (χ3n) is 4.20. The lowest BCUT2D eigenvalue weighted by Crippen LogP contribution is -2.48. The second-order valence-corrected chi connectivity index (χ2v) is 6.67. The third-order valence-corrected chi connectivity index (χ3v) is 4.89. The van der Waals surface area contributed by atoms with E-state index in [1.807, 2.05) is 12.1 Å². The highest BCUT2D eigenvalue weighted by Gasteiger charge is 2.33. The number of hydrogen-bond donors (Lipinski definition) is 1. The summed E-state index contributed by atoms with van der Waals surface area (Å²) >= 11 is 3.67. The van der Waals surface area contributed by atoms with E-state index in [1.54, 1.807) is 14.2 Å². The van der Waals surface area contributed by atoms with Crippen molar-refractivity contribution in [1.82, 2.24) is 4.90 Å². The van der Waals surface area contributed by atoms with E-state index in [1.165, 1.54) is 5.56 Å². The maximum Gasteiger partial charge on any atom is 0.161 e. The van der Waals surface area contributed by atoms with Crippen molar-refractivity contribution in [2.75, 3.05) is 20.8 Å². The standard InChI is InChI=1S/C16H25BrN2O2/c1-10(2)19-7-5-6-13(18)16(19)11-8-14(20-3)15(21-4)9-12(11)17/h8-10,13,16H,5-7,18H2,1-4H3. The van der Waals surface area contributed by atoms with Crippen LogP contribution in [0.4, 0.5) is 0 Å². The summed E-state index contributed by atoms with van der Waals surface area (Å²) in [7, 11) is 3.31. The van der Waals surface area contributed by atoms with Crippen LogP contribution in [0.2, 0.25) is 0 Å². The van der Waals surface area contributed by atoms with Gasteiger partial charge in [0.1, 0.15) is 0 Å². The number of rotatable bonds is 4. The minimum absolute atomic E-state index is 0.135. The number of hydrogen-bond acceptors (Lipinski definition) is 4. The molecule has 2 atom stereocenters. The fraction of sp³-hybridized carbons (Fsp3) is 0.625. The van der Waals surface area contributed by atoms with Crippen LogP contribution in [0.1, 0.15) is 38.3 Å². The van der Waals surface area contributed by atoms with Crippen LogP contribution >= 0.6 is 15.9 Å². The van der Waals surface area contributed by atoms with Crippen LogP contribution in [0.3, 0.4) is 0 Å². The van der Waals surface area contributed by atoms with E-state index >= 15 is 0 Å². The van der Waals surface area contributed by atoms with E-state index in [0.717, 1.165) is 35.4 Å². The van der Waals surface area contributed by atoms with Crippen LogP contribution in [-0.4, -0.2) is 37.7 Å². The van der Waals surface area contributed by atoms with Gasteiger partial charge in [-0.25, -0.2) is 0 Å². The molecular formula is C16H25BrN2O2. The Morgan fingerprint density at radius 1 is 1.24 bits per heavy atom. The van der Waals surface area contributed by atoms with Gasteiger partial charge in [0.05, 0.1) is 20.3 Å². The lowest BCUT2D eigenvalue weighted by atomic mass is 9.89. The number of ether oxygens (including phenoxy) is 2. The minimum Gasteiger partial charge on any atom is -0.493 e.